The third-order valence-corrected chi connectivity index (χ3v) is 5.83. The molecule has 0 unspecified atom stereocenters. The van der Waals surface area contributed by atoms with Crippen LogP contribution in [0, 0.1) is 5.82 Å². The molecule has 0 aliphatic heterocycles. The van der Waals surface area contributed by atoms with Gasteiger partial charge >= 0.3 is 0 Å². The molecule has 3 rings (SSSR count). The summed E-state index contributed by atoms with van der Waals surface area (Å²) in [6.07, 6.45) is 0.791. The van der Waals surface area contributed by atoms with Crippen LogP contribution < -0.4 is 5.32 Å². The van der Waals surface area contributed by atoms with E-state index in [1.54, 1.807) is 19.2 Å². The van der Waals surface area contributed by atoms with Crippen LogP contribution in [0.3, 0.4) is 0 Å². The predicted molar refractivity (Wildman–Crippen MR) is 114 cm³/mol. The summed E-state index contributed by atoms with van der Waals surface area (Å²) in [5, 5.41) is 3.26. The molecule has 1 heterocycles. The number of anilines is 1. The summed E-state index contributed by atoms with van der Waals surface area (Å²) in [6, 6.07) is 12.3. The first-order valence-corrected chi connectivity index (χ1v) is 10.1. The second-order valence-corrected chi connectivity index (χ2v) is 7.73. The van der Waals surface area contributed by atoms with Gasteiger partial charge in [-0.15, -0.1) is 11.3 Å². The summed E-state index contributed by atoms with van der Waals surface area (Å²) in [6.45, 7) is 2.02. The lowest BCUT2D eigenvalue weighted by molar-refractivity contribution is -0.116. The molecule has 29 heavy (non-hydrogen) atoms. The molecule has 0 spiro atoms. The van der Waals surface area contributed by atoms with Gasteiger partial charge in [-0.1, -0.05) is 31.2 Å². The third kappa shape index (κ3) is 4.46. The summed E-state index contributed by atoms with van der Waals surface area (Å²) in [5.74, 6) is -1.01. The second kappa shape index (κ2) is 9.15. The van der Waals surface area contributed by atoms with Crippen molar-refractivity contribution in [2.24, 2.45) is 0 Å². The Hall–Kier alpha value is -2.77. The van der Waals surface area contributed by atoms with Gasteiger partial charge in [0.15, 0.2) is 0 Å². The molecule has 0 fully saturated rings. The summed E-state index contributed by atoms with van der Waals surface area (Å²) >= 11 is 1.21. The molecule has 0 atom stereocenters. The van der Waals surface area contributed by atoms with E-state index in [1.165, 1.54) is 29.4 Å². The summed E-state index contributed by atoms with van der Waals surface area (Å²) in [5.41, 5.74) is 2.28. The van der Waals surface area contributed by atoms with Gasteiger partial charge in [0.1, 0.15) is 5.82 Å². The van der Waals surface area contributed by atoms with Crippen LogP contribution in [-0.4, -0.2) is 37.4 Å². The Bertz CT molecular complexity index is 1050. The number of methoxy groups -OCH3 is 1. The average molecular weight is 415 g/mol. The molecule has 7 heteroatoms. The SMILES string of the molecule is CCc1ccccc1NC(=O)CN(C)C(=O)c1sc2cccc(F)c2c1COC. The van der Waals surface area contributed by atoms with E-state index in [4.69, 9.17) is 4.74 Å². The Morgan fingerprint density at radius 1 is 1.17 bits per heavy atom. The number of fused-ring (bicyclic) bond motifs is 1. The number of carbonyl (C=O) groups is 2. The fourth-order valence-corrected chi connectivity index (χ4v) is 4.44. The first-order chi connectivity index (χ1) is 14.0. The van der Waals surface area contributed by atoms with Crippen LogP contribution in [0.2, 0.25) is 0 Å². The lowest BCUT2D eigenvalue weighted by Crippen LogP contribution is -2.35. The monoisotopic (exact) mass is 414 g/mol. The van der Waals surface area contributed by atoms with Crippen LogP contribution in [0.25, 0.3) is 10.1 Å². The molecule has 152 valence electrons. The zero-order valence-corrected chi connectivity index (χ0v) is 17.4. The highest BCUT2D eigenvalue weighted by molar-refractivity contribution is 7.21. The molecule has 0 aliphatic rings. The standard InChI is InChI=1S/C22H23FN2O3S/c1-4-14-8-5-6-10-17(14)24-19(26)12-25(2)22(27)21-15(13-28-3)20-16(23)9-7-11-18(20)29-21/h5-11H,4,12-13H2,1-3H3,(H,24,26). The number of thiophene rings is 1. The van der Waals surface area contributed by atoms with Crippen LogP contribution in [-0.2, 0) is 22.6 Å². The number of benzene rings is 2. The summed E-state index contributed by atoms with van der Waals surface area (Å²) in [4.78, 5) is 27.2. The molecule has 1 aromatic heterocycles. The molecule has 0 saturated heterocycles. The van der Waals surface area contributed by atoms with Crippen molar-refractivity contribution in [1.82, 2.24) is 4.90 Å². The molecule has 0 bridgehead atoms. The average Bonchev–Trinajstić information content (AvgIpc) is 3.07. The van der Waals surface area contributed by atoms with Crippen molar-refractivity contribution in [2.45, 2.75) is 20.0 Å². The highest BCUT2D eigenvalue weighted by Crippen LogP contribution is 2.34. The first-order valence-electron chi connectivity index (χ1n) is 9.28. The zero-order valence-electron chi connectivity index (χ0n) is 16.6. The van der Waals surface area contributed by atoms with Gasteiger partial charge < -0.3 is 15.0 Å². The number of halogens is 1. The summed E-state index contributed by atoms with van der Waals surface area (Å²) < 4.78 is 20.2. The quantitative estimate of drug-likeness (QED) is 0.621. The van der Waals surface area contributed by atoms with Crippen molar-refractivity contribution >= 4 is 38.9 Å². The molecule has 2 amide bonds. The molecular weight excluding hydrogens is 391 g/mol. The topological polar surface area (TPSA) is 58.6 Å². The number of para-hydroxylation sites is 1. The van der Waals surface area contributed by atoms with E-state index in [0.717, 1.165) is 17.7 Å². The van der Waals surface area contributed by atoms with Crippen LogP contribution in [0.1, 0.15) is 27.7 Å². The van der Waals surface area contributed by atoms with Crippen LogP contribution in [0.4, 0.5) is 10.1 Å². The molecule has 0 aliphatic carbocycles. The van der Waals surface area contributed by atoms with Crippen molar-refractivity contribution in [3.8, 4) is 0 Å². The van der Waals surface area contributed by atoms with Crippen molar-refractivity contribution in [2.75, 3.05) is 26.0 Å². The number of ether oxygens (including phenoxy) is 1. The smallest absolute Gasteiger partial charge is 0.264 e. The Balaban J connectivity index is 1.80. The largest absolute Gasteiger partial charge is 0.380 e. The lowest BCUT2D eigenvalue weighted by atomic mass is 10.1. The van der Waals surface area contributed by atoms with Gasteiger partial charge in [0, 0.05) is 35.5 Å². The van der Waals surface area contributed by atoms with E-state index < -0.39 is 0 Å². The third-order valence-electron chi connectivity index (χ3n) is 4.65. The van der Waals surface area contributed by atoms with Gasteiger partial charge in [0.2, 0.25) is 5.91 Å². The molecule has 0 radical (unpaired) electrons. The molecular formula is C22H23FN2O3S. The molecule has 2 aromatic carbocycles. The number of likely N-dealkylation sites (N-methyl/N-ethyl adjacent to an activating group) is 1. The van der Waals surface area contributed by atoms with E-state index in [1.807, 2.05) is 31.2 Å². The van der Waals surface area contributed by atoms with E-state index >= 15 is 0 Å². The summed E-state index contributed by atoms with van der Waals surface area (Å²) in [7, 11) is 3.06. The second-order valence-electron chi connectivity index (χ2n) is 6.68. The Kier molecular flexibility index (Phi) is 6.61. The van der Waals surface area contributed by atoms with Crippen molar-refractivity contribution in [3.05, 3.63) is 64.3 Å². The highest BCUT2D eigenvalue weighted by Gasteiger charge is 2.24. The van der Waals surface area contributed by atoms with Crippen molar-refractivity contribution in [3.63, 3.8) is 0 Å². The minimum atomic E-state index is -0.388. The number of amides is 2. The Morgan fingerprint density at radius 2 is 1.93 bits per heavy atom. The van der Waals surface area contributed by atoms with Gasteiger partial charge in [-0.2, -0.15) is 0 Å². The maximum Gasteiger partial charge on any atom is 0.264 e. The fourth-order valence-electron chi connectivity index (χ4n) is 3.22. The first kappa shape index (κ1) is 21.0. The molecule has 1 N–H and O–H groups in total. The van der Waals surface area contributed by atoms with Crippen LogP contribution >= 0.6 is 11.3 Å². The van der Waals surface area contributed by atoms with Crippen molar-refractivity contribution in [1.29, 1.82) is 0 Å². The number of hydrogen-bond acceptors (Lipinski definition) is 4. The van der Waals surface area contributed by atoms with Crippen molar-refractivity contribution < 1.29 is 18.7 Å². The molecule has 5 nitrogen and oxygen atoms in total. The lowest BCUT2D eigenvalue weighted by Gasteiger charge is -2.18. The minimum absolute atomic E-state index is 0.111. The number of nitrogens with zero attached hydrogens (tertiary/aromatic N) is 1. The Morgan fingerprint density at radius 3 is 2.66 bits per heavy atom. The normalized spacial score (nSPS) is 10.9. The fraction of sp³-hybridized carbons (Fsp3) is 0.273. The Labute approximate surface area is 173 Å². The number of carbonyl (C=O) groups excluding carboxylic acids is 2. The number of aryl methyl sites for hydroxylation is 1. The minimum Gasteiger partial charge on any atom is -0.380 e. The van der Waals surface area contributed by atoms with Gasteiger partial charge in [0.25, 0.3) is 5.91 Å². The number of rotatable bonds is 7. The predicted octanol–water partition coefficient (Wildman–Crippen LogP) is 4.46. The van der Waals surface area contributed by atoms with Gasteiger partial charge in [-0.25, -0.2) is 4.39 Å². The maximum absolute atomic E-state index is 14.3. The zero-order chi connectivity index (χ0) is 21.0. The highest BCUT2D eigenvalue weighted by atomic mass is 32.1. The van der Waals surface area contributed by atoms with E-state index in [9.17, 15) is 14.0 Å². The van der Waals surface area contributed by atoms with E-state index in [2.05, 4.69) is 5.32 Å². The molecule has 0 saturated carbocycles. The van der Waals surface area contributed by atoms with Crippen LogP contribution in [0.5, 0.6) is 0 Å². The maximum atomic E-state index is 14.3. The molecule has 3 aromatic rings. The van der Waals surface area contributed by atoms with E-state index in [-0.39, 0.29) is 30.8 Å². The van der Waals surface area contributed by atoms with Gasteiger partial charge in [-0.05, 0) is 30.2 Å². The van der Waals surface area contributed by atoms with Gasteiger partial charge in [0.05, 0.1) is 18.0 Å². The number of hydrogen-bond donors (Lipinski definition) is 1. The van der Waals surface area contributed by atoms with Crippen LogP contribution in [0.15, 0.2) is 42.5 Å². The van der Waals surface area contributed by atoms with Gasteiger partial charge in [-0.3, -0.25) is 9.59 Å². The number of nitrogens with one attached hydrogen (secondary N) is 1. The van der Waals surface area contributed by atoms with E-state index in [0.29, 0.717) is 20.5 Å².